The molecule has 0 aromatic carbocycles. The van der Waals surface area contributed by atoms with E-state index in [-0.39, 0.29) is 5.82 Å². The highest BCUT2D eigenvalue weighted by molar-refractivity contribution is 5.85. The Morgan fingerprint density at radius 2 is 1.86 bits per heavy atom. The zero-order chi connectivity index (χ0) is 24.2. The zero-order valence-electron chi connectivity index (χ0n) is 19.4. The predicted octanol–water partition coefficient (Wildman–Crippen LogP) is 3.82. The smallest absolute Gasteiger partial charge is 0.144 e. The van der Waals surface area contributed by atoms with Gasteiger partial charge in [0.2, 0.25) is 0 Å². The fraction of sp³-hybridized carbons (Fsp3) is 0.154. The number of pyridine rings is 4. The van der Waals surface area contributed by atoms with Gasteiger partial charge in [0.15, 0.2) is 0 Å². The zero-order valence-corrected chi connectivity index (χ0v) is 19.4. The minimum Gasteiger partial charge on any atom is -0.309 e. The van der Waals surface area contributed by atoms with Crippen LogP contribution in [0, 0.1) is 12.7 Å². The van der Waals surface area contributed by atoms with Crippen LogP contribution in [-0.2, 0) is 13.1 Å². The molecule has 6 aromatic heterocycles. The van der Waals surface area contributed by atoms with Crippen LogP contribution in [0.5, 0.6) is 0 Å². The molecule has 36 heavy (non-hydrogen) atoms. The third-order valence-electron chi connectivity index (χ3n) is 6.48. The Morgan fingerprint density at radius 3 is 2.78 bits per heavy atom. The number of aryl methyl sites for hydroxylation is 1. The molecule has 176 valence electrons. The second-order valence-corrected chi connectivity index (χ2v) is 8.74. The summed E-state index contributed by atoms with van der Waals surface area (Å²) in [5, 5.41) is 12.1. The van der Waals surface area contributed by atoms with Gasteiger partial charge in [0, 0.05) is 31.0 Å². The lowest BCUT2D eigenvalue weighted by Gasteiger charge is -2.14. The lowest BCUT2D eigenvalue weighted by molar-refractivity contribution is 0.468. The maximum atomic E-state index is 14.0. The second kappa shape index (κ2) is 7.99. The average Bonchev–Trinajstić information content (AvgIpc) is 3.52. The fourth-order valence-electron chi connectivity index (χ4n) is 4.67. The molecule has 0 bridgehead atoms. The molecule has 0 atom stereocenters. The molecule has 1 aliphatic rings. The number of rotatable bonds is 3. The molecule has 0 radical (unpaired) electrons. The maximum Gasteiger partial charge on any atom is 0.144 e. The van der Waals surface area contributed by atoms with Crippen LogP contribution in [0.25, 0.3) is 50.7 Å². The van der Waals surface area contributed by atoms with Gasteiger partial charge in [0.25, 0.3) is 0 Å². The molecule has 0 amide bonds. The summed E-state index contributed by atoms with van der Waals surface area (Å²) in [6.45, 7) is 4.03. The van der Waals surface area contributed by atoms with Crippen molar-refractivity contribution in [3.05, 3.63) is 78.1 Å². The second-order valence-electron chi connectivity index (χ2n) is 8.74. The van der Waals surface area contributed by atoms with Gasteiger partial charge in [-0.05, 0) is 49.4 Å². The Balaban J connectivity index is 1.41. The van der Waals surface area contributed by atoms with Gasteiger partial charge >= 0.3 is 0 Å². The number of hydrogen-bond acceptors (Lipinski definition) is 7. The van der Waals surface area contributed by atoms with Gasteiger partial charge in [-0.15, -0.1) is 5.10 Å². The molecule has 7 rings (SSSR count). The number of halogens is 1. The summed E-state index contributed by atoms with van der Waals surface area (Å²) in [4.78, 5) is 18.9. The third-order valence-corrected chi connectivity index (χ3v) is 6.48. The van der Waals surface area contributed by atoms with E-state index in [1.807, 2.05) is 57.9 Å². The number of nitrogens with zero attached hydrogens (tertiary/aromatic N) is 8. The largest absolute Gasteiger partial charge is 0.309 e. The van der Waals surface area contributed by atoms with E-state index < -0.39 is 0 Å². The summed E-state index contributed by atoms with van der Waals surface area (Å²) >= 11 is 0. The van der Waals surface area contributed by atoms with Gasteiger partial charge in [-0.25, -0.2) is 24.0 Å². The molecule has 0 saturated carbocycles. The molecule has 1 N–H and O–H groups in total. The fourth-order valence-corrected chi connectivity index (χ4v) is 4.67. The highest BCUT2D eigenvalue weighted by Crippen LogP contribution is 2.33. The van der Waals surface area contributed by atoms with Crippen molar-refractivity contribution in [2.45, 2.75) is 20.0 Å². The van der Waals surface area contributed by atoms with E-state index in [2.05, 4.69) is 25.6 Å². The molecular weight excluding hydrogens is 457 g/mol. The number of imidazole rings is 1. The first-order chi connectivity index (χ1) is 17.7. The minimum atomic E-state index is -0.349. The molecular formula is C26H20FN9. The first-order valence-corrected chi connectivity index (χ1v) is 11.7. The van der Waals surface area contributed by atoms with Crippen molar-refractivity contribution in [1.82, 2.24) is 44.6 Å². The van der Waals surface area contributed by atoms with E-state index in [9.17, 15) is 4.39 Å². The third kappa shape index (κ3) is 3.26. The van der Waals surface area contributed by atoms with Crippen LogP contribution in [0.1, 0.15) is 11.4 Å². The highest BCUT2D eigenvalue weighted by Gasteiger charge is 2.21. The summed E-state index contributed by atoms with van der Waals surface area (Å²) in [6.07, 6.45) is 3.75. The quantitative estimate of drug-likeness (QED) is 0.414. The SMILES string of the molecule is Cc1nc(-c2nc3ccccn3c2-c2ccc3ncc(-c4nnn5c4CNCC5)cc3n2)ccc1F. The number of aromatic nitrogens is 8. The normalized spacial score (nSPS) is 13.4. The summed E-state index contributed by atoms with van der Waals surface area (Å²) in [5.74, 6) is -0.349. The van der Waals surface area contributed by atoms with Crippen molar-refractivity contribution >= 4 is 16.7 Å². The minimum absolute atomic E-state index is 0.322. The van der Waals surface area contributed by atoms with Gasteiger partial charge in [-0.1, -0.05) is 11.3 Å². The Kier molecular flexibility index (Phi) is 4.61. The van der Waals surface area contributed by atoms with Crippen molar-refractivity contribution in [3.8, 4) is 34.0 Å². The summed E-state index contributed by atoms with van der Waals surface area (Å²) in [6, 6.07) is 14.7. The highest BCUT2D eigenvalue weighted by atomic mass is 19.1. The van der Waals surface area contributed by atoms with Crippen molar-refractivity contribution in [3.63, 3.8) is 0 Å². The van der Waals surface area contributed by atoms with E-state index in [0.29, 0.717) is 29.3 Å². The average molecular weight is 478 g/mol. The van der Waals surface area contributed by atoms with E-state index in [1.54, 1.807) is 13.0 Å². The van der Waals surface area contributed by atoms with Crippen molar-refractivity contribution in [2.24, 2.45) is 0 Å². The summed E-state index contributed by atoms with van der Waals surface area (Å²) < 4.78 is 17.9. The number of fused-ring (bicyclic) bond motifs is 3. The standard InChI is InChI=1S/C26H20FN9/c1-15-17(27)5-6-19(30-15)25-26(35-10-3-2-4-23(35)32-25)20-8-7-18-21(31-20)12-16(13-29-18)24-22-14-28-9-11-36(22)34-33-24/h2-8,10,12-13,28H,9,11,14H2,1H3. The number of nitrogens with one attached hydrogen (secondary N) is 1. The molecule has 0 saturated heterocycles. The molecule has 9 nitrogen and oxygen atoms in total. The van der Waals surface area contributed by atoms with Crippen LogP contribution in [0.2, 0.25) is 0 Å². The van der Waals surface area contributed by atoms with Gasteiger partial charge in [-0.2, -0.15) is 0 Å². The summed E-state index contributed by atoms with van der Waals surface area (Å²) in [5.41, 5.74) is 8.02. The molecule has 10 heteroatoms. The first-order valence-electron chi connectivity index (χ1n) is 11.7. The van der Waals surface area contributed by atoms with E-state index in [1.165, 1.54) is 6.07 Å². The molecule has 0 unspecified atom stereocenters. The van der Waals surface area contributed by atoms with Crippen LogP contribution >= 0.6 is 0 Å². The maximum absolute atomic E-state index is 14.0. The van der Waals surface area contributed by atoms with Gasteiger partial charge in [0.1, 0.15) is 28.5 Å². The monoisotopic (exact) mass is 477 g/mol. The van der Waals surface area contributed by atoms with Gasteiger partial charge in [-0.3, -0.25) is 9.38 Å². The summed E-state index contributed by atoms with van der Waals surface area (Å²) in [7, 11) is 0. The van der Waals surface area contributed by atoms with Crippen molar-refractivity contribution < 1.29 is 4.39 Å². The van der Waals surface area contributed by atoms with Gasteiger partial charge < -0.3 is 5.32 Å². The Hall–Kier alpha value is -4.57. The predicted molar refractivity (Wildman–Crippen MR) is 132 cm³/mol. The molecule has 0 fully saturated rings. The van der Waals surface area contributed by atoms with Crippen LogP contribution in [0.4, 0.5) is 4.39 Å². The van der Waals surface area contributed by atoms with E-state index in [0.717, 1.165) is 52.4 Å². The molecule has 0 spiro atoms. The Labute approximate surface area is 204 Å². The van der Waals surface area contributed by atoms with Crippen molar-refractivity contribution in [2.75, 3.05) is 6.54 Å². The molecule has 7 heterocycles. The van der Waals surface area contributed by atoms with E-state index in [4.69, 9.17) is 9.97 Å². The Morgan fingerprint density at radius 1 is 0.944 bits per heavy atom. The van der Waals surface area contributed by atoms with Crippen molar-refractivity contribution in [1.29, 1.82) is 0 Å². The molecule has 0 aliphatic carbocycles. The van der Waals surface area contributed by atoms with Crippen LogP contribution < -0.4 is 5.32 Å². The van der Waals surface area contributed by atoms with Crippen LogP contribution in [-0.4, -0.2) is 45.9 Å². The van der Waals surface area contributed by atoms with Crippen LogP contribution in [0.15, 0.2) is 60.9 Å². The molecule has 6 aromatic rings. The lowest BCUT2D eigenvalue weighted by atomic mass is 10.1. The Bertz CT molecular complexity index is 1790. The number of hydrogen-bond donors (Lipinski definition) is 1. The lowest BCUT2D eigenvalue weighted by Crippen LogP contribution is -2.28. The van der Waals surface area contributed by atoms with Crippen LogP contribution in [0.3, 0.4) is 0 Å². The van der Waals surface area contributed by atoms with E-state index >= 15 is 0 Å². The topological polar surface area (TPSA) is 98.7 Å². The first kappa shape index (κ1) is 20.8. The molecule has 1 aliphatic heterocycles. The van der Waals surface area contributed by atoms with Gasteiger partial charge in [0.05, 0.1) is 40.4 Å².